The molecule has 0 aliphatic rings. The van der Waals surface area contributed by atoms with Crippen LogP contribution < -0.4 is 0 Å². The van der Waals surface area contributed by atoms with E-state index in [1.54, 1.807) is 17.6 Å². The predicted octanol–water partition coefficient (Wildman–Crippen LogP) is 3.21. The first-order valence-electron chi connectivity index (χ1n) is 4.69. The van der Waals surface area contributed by atoms with Crippen LogP contribution >= 0.6 is 22.9 Å². The first-order valence-corrected chi connectivity index (χ1v) is 5.94. The molecule has 0 radical (unpaired) electrons. The van der Waals surface area contributed by atoms with E-state index >= 15 is 0 Å². The fourth-order valence-electron chi connectivity index (χ4n) is 1.41. The molecule has 16 heavy (non-hydrogen) atoms. The molecule has 0 aliphatic heterocycles. The van der Waals surface area contributed by atoms with Crippen molar-refractivity contribution >= 4 is 22.9 Å². The number of aromatic nitrogens is 1. The zero-order valence-electron chi connectivity index (χ0n) is 8.23. The van der Waals surface area contributed by atoms with Gasteiger partial charge in [0, 0.05) is 28.6 Å². The van der Waals surface area contributed by atoms with Crippen molar-refractivity contribution in [3.05, 3.63) is 51.2 Å². The van der Waals surface area contributed by atoms with Crippen molar-refractivity contribution in [2.24, 2.45) is 0 Å². The van der Waals surface area contributed by atoms with Crippen LogP contribution in [0.1, 0.15) is 16.7 Å². The summed E-state index contributed by atoms with van der Waals surface area (Å²) < 4.78 is 13.4. The number of halogens is 2. The van der Waals surface area contributed by atoms with E-state index in [4.69, 9.17) is 11.6 Å². The zero-order valence-corrected chi connectivity index (χ0v) is 9.80. The highest BCUT2D eigenvalue weighted by atomic mass is 35.5. The van der Waals surface area contributed by atoms with Crippen LogP contribution in [0.15, 0.2) is 29.8 Å². The highest BCUT2D eigenvalue weighted by Crippen LogP contribution is 2.26. The summed E-state index contributed by atoms with van der Waals surface area (Å²) in [6, 6.07) is 4.47. The van der Waals surface area contributed by atoms with Gasteiger partial charge in [-0.2, -0.15) is 0 Å². The maximum atomic E-state index is 13.4. The predicted molar refractivity (Wildman–Crippen MR) is 62.2 cm³/mol. The van der Waals surface area contributed by atoms with Crippen molar-refractivity contribution < 1.29 is 9.50 Å². The third kappa shape index (κ3) is 2.40. The third-order valence-corrected chi connectivity index (χ3v) is 3.43. The maximum Gasteiger partial charge on any atom is 0.127 e. The Balaban J connectivity index is 2.21. The molecule has 2 nitrogen and oxygen atoms in total. The summed E-state index contributed by atoms with van der Waals surface area (Å²) in [5, 5.41) is 12.5. The summed E-state index contributed by atoms with van der Waals surface area (Å²) in [6.45, 7) is 0. The van der Waals surface area contributed by atoms with Crippen molar-refractivity contribution in [2.45, 2.75) is 12.5 Å². The maximum absolute atomic E-state index is 13.4. The average molecular weight is 258 g/mol. The summed E-state index contributed by atoms with van der Waals surface area (Å²) in [4.78, 5) is 3.97. The molecule has 2 rings (SSSR count). The van der Waals surface area contributed by atoms with Crippen molar-refractivity contribution in [1.29, 1.82) is 0 Å². The molecule has 0 fully saturated rings. The third-order valence-electron chi connectivity index (χ3n) is 2.20. The van der Waals surface area contributed by atoms with Crippen molar-refractivity contribution in [3.8, 4) is 0 Å². The van der Waals surface area contributed by atoms with Gasteiger partial charge in [0.2, 0.25) is 0 Å². The molecule has 0 bridgehead atoms. The number of hydrogen-bond acceptors (Lipinski definition) is 3. The van der Waals surface area contributed by atoms with Crippen molar-refractivity contribution in [1.82, 2.24) is 4.98 Å². The first kappa shape index (κ1) is 11.5. The Morgan fingerprint density at radius 2 is 2.31 bits per heavy atom. The van der Waals surface area contributed by atoms with Crippen LogP contribution in [0.4, 0.5) is 4.39 Å². The Labute approximate surface area is 101 Å². The van der Waals surface area contributed by atoms with E-state index in [1.165, 1.54) is 23.5 Å². The van der Waals surface area contributed by atoms with E-state index in [2.05, 4.69) is 4.98 Å². The molecule has 0 saturated heterocycles. The van der Waals surface area contributed by atoms with E-state index in [-0.39, 0.29) is 6.42 Å². The van der Waals surface area contributed by atoms with E-state index in [9.17, 15) is 9.50 Å². The molecule has 0 amide bonds. The van der Waals surface area contributed by atoms with Crippen LogP contribution in [-0.4, -0.2) is 10.1 Å². The standard InChI is InChI=1S/C11H9ClFNOS/c12-8-2-1-3-9(13)7(8)6-10(15)11-14-4-5-16-11/h1-5,10,15H,6H2. The van der Waals surface area contributed by atoms with Gasteiger partial charge in [0.25, 0.3) is 0 Å². The lowest BCUT2D eigenvalue weighted by Gasteiger charge is -2.09. The monoisotopic (exact) mass is 257 g/mol. The Bertz CT molecular complexity index is 455. The summed E-state index contributed by atoms with van der Waals surface area (Å²) in [6.07, 6.45) is 0.931. The summed E-state index contributed by atoms with van der Waals surface area (Å²) in [7, 11) is 0. The van der Waals surface area contributed by atoms with Gasteiger partial charge in [0.15, 0.2) is 0 Å². The topological polar surface area (TPSA) is 33.1 Å². The lowest BCUT2D eigenvalue weighted by Crippen LogP contribution is -2.03. The van der Waals surface area contributed by atoms with Gasteiger partial charge in [-0.3, -0.25) is 0 Å². The minimum atomic E-state index is -0.811. The first-order chi connectivity index (χ1) is 7.68. The second-order valence-electron chi connectivity index (χ2n) is 3.29. The quantitative estimate of drug-likeness (QED) is 0.916. The molecule has 84 valence electrons. The average Bonchev–Trinajstić information content (AvgIpc) is 2.76. The van der Waals surface area contributed by atoms with Gasteiger partial charge < -0.3 is 5.11 Å². The van der Waals surface area contributed by atoms with Crippen LogP contribution in [0.25, 0.3) is 0 Å². The Morgan fingerprint density at radius 3 is 2.94 bits per heavy atom. The van der Waals surface area contributed by atoms with Gasteiger partial charge in [0.1, 0.15) is 16.9 Å². The summed E-state index contributed by atoms with van der Waals surface area (Å²) in [5.74, 6) is -0.400. The van der Waals surface area contributed by atoms with E-state index in [1.807, 2.05) is 0 Å². The van der Waals surface area contributed by atoms with Crippen LogP contribution in [0.5, 0.6) is 0 Å². The number of nitrogens with zero attached hydrogens (tertiary/aromatic N) is 1. The highest BCUT2D eigenvalue weighted by molar-refractivity contribution is 7.09. The lowest BCUT2D eigenvalue weighted by atomic mass is 10.1. The summed E-state index contributed by atoms with van der Waals surface area (Å²) >= 11 is 7.20. The van der Waals surface area contributed by atoms with Crippen LogP contribution in [0, 0.1) is 5.82 Å². The molecular formula is C11H9ClFNOS. The number of thiazole rings is 1. The Hall–Kier alpha value is -0.970. The lowest BCUT2D eigenvalue weighted by molar-refractivity contribution is 0.176. The van der Waals surface area contributed by atoms with E-state index < -0.39 is 11.9 Å². The van der Waals surface area contributed by atoms with Gasteiger partial charge in [-0.15, -0.1) is 11.3 Å². The highest BCUT2D eigenvalue weighted by Gasteiger charge is 2.15. The van der Waals surface area contributed by atoms with Gasteiger partial charge in [0.05, 0.1) is 0 Å². The molecule has 1 heterocycles. The second kappa shape index (κ2) is 4.91. The van der Waals surface area contributed by atoms with Gasteiger partial charge in [-0.1, -0.05) is 17.7 Å². The molecule has 5 heteroatoms. The normalized spacial score (nSPS) is 12.7. The fourth-order valence-corrected chi connectivity index (χ4v) is 2.27. The van der Waals surface area contributed by atoms with Crippen molar-refractivity contribution in [2.75, 3.05) is 0 Å². The van der Waals surface area contributed by atoms with Crippen LogP contribution in [0.3, 0.4) is 0 Å². The largest absolute Gasteiger partial charge is 0.386 e. The van der Waals surface area contributed by atoms with Gasteiger partial charge >= 0.3 is 0 Å². The minimum absolute atomic E-state index is 0.138. The molecule has 0 saturated carbocycles. The number of benzene rings is 1. The van der Waals surface area contributed by atoms with E-state index in [0.29, 0.717) is 15.6 Å². The molecule has 1 N–H and O–H groups in total. The van der Waals surface area contributed by atoms with Crippen molar-refractivity contribution in [3.63, 3.8) is 0 Å². The number of aliphatic hydroxyl groups excluding tert-OH is 1. The Kier molecular flexibility index (Phi) is 3.53. The van der Waals surface area contributed by atoms with Crippen LogP contribution in [-0.2, 0) is 6.42 Å². The smallest absolute Gasteiger partial charge is 0.127 e. The molecule has 1 atom stereocenters. The van der Waals surface area contributed by atoms with Gasteiger partial charge in [-0.05, 0) is 12.1 Å². The number of rotatable bonds is 3. The molecule has 1 aromatic carbocycles. The Morgan fingerprint density at radius 1 is 1.50 bits per heavy atom. The van der Waals surface area contributed by atoms with E-state index in [0.717, 1.165) is 0 Å². The molecule has 1 aromatic heterocycles. The fraction of sp³-hybridized carbons (Fsp3) is 0.182. The molecule has 2 aromatic rings. The second-order valence-corrected chi connectivity index (χ2v) is 4.62. The molecule has 1 unspecified atom stereocenters. The summed E-state index contributed by atoms with van der Waals surface area (Å²) in [5.41, 5.74) is 0.326. The minimum Gasteiger partial charge on any atom is -0.386 e. The molecule has 0 spiro atoms. The molecular weight excluding hydrogens is 249 g/mol. The zero-order chi connectivity index (χ0) is 11.5. The SMILES string of the molecule is OC(Cc1c(F)cccc1Cl)c1nccs1. The number of aliphatic hydroxyl groups is 1. The number of hydrogen-bond donors (Lipinski definition) is 1. The van der Waals surface area contributed by atoms with Crippen LogP contribution in [0.2, 0.25) is 5.02 Å². The van der Waals surface area contributed by atoms with Gasteiger partial charge in [-0.25, -0.2) is 9.37 Å². The molecule has 0 aliphatic carbocycles.